The summed E-state index contributed by atoms with van der Waals surface area (Å²) in [6.07, 6.45) is 9.05. The van der Waals surface area contributed by atoms with Crippen molar-refractivity contribution in [2.45, 2.75) is 70.8 Å². The molecule has 0 amide bonds. The highest BCUT2D eigenvalue weighted by Gasteiger charge is 2.15. The second kappa shape index (κ2) is 7.98. The maximum absolute atomic E-state index is 10.0. The molecule has 0 radical (unpaired) electrons. The summed E-state index contributed by atoms with van der Waals surface area (Å²) in [5.74, 6) is 0. The molecule has 0 aliphatic heterocycles. The Balaban J connectivity index is 3.17. The maximum Gasteiger partial charge on any atom is 0.119 e. The molecule has 0 bridgehead atoms. The Bertz CT molecular complexity index is 141. The van der Waals surface area contributed by atoms with Crippen LogP contribution in [0, 0.1) is 0 Å². The lowest BCUT2D eigenvalue weighted by atomic mass is 9.95. The third-order valence-electron chi connectivity index (χ3n) is 2.80. The summed E-state index contributed by atoms with van der Waals surface area (Å²) < 4.78 is 0. The van der Waals surface area contributed by atoms with Gasteiger partial charge < -0.3 is 9.90 Å². The predicted molar refractivity (Wildman–Crippen MR) is 59.3 cm³/mol. The Hall–Kier alpha value is -0.370. The normalized spacial score (nSPS) is 15.1. The standard InChI is InChI=1S/C12H24O2/c1-3-12(2,14)10-8-6-4-5-7-9-11-13/h11,14H,3-10H2,1-2H3. The topological polar surface area (TPSA) is 37.3 Å². The first-order valence-electron chi connectivity index (χ1n) is 5.78. The Morgan fingerprint density at radius 3 is 2.29 bits per heavy atom. The third kappa shape index (κ3) is 8.24. The zero-order valence-electron chi connectivity index (χ0n) is 9.59. The van der Waals surface area contributed by atoms with Gasteiger partial charge in [0, 0.05) is 6.42 Å². The zero-order chi connectivity index (χ0) is 10.9. The Morgan fingerprint density at radius 2 is 1.71 bits per heavy atom. The molecule has 0 heterocycles. The minimum atomic E-state index is -0.469. The highest BCUT2D eigenvalue weighted by atomic mass is 16.3. The first kappa shape index (κ1) is 13.6. The first-order chi connectivity index (χ1) is 6.62. The molecule has 0 aromatic heterocycles. The molecule has 0 aliphatic rings. The van der Waals surface area contributed by atoms with E-state index in [-0.39, 0.29) is 0 Å². The second-order valence-corrected chi connectivity index (χ2v) is 4.32. The van der Waals surface area contributed by atoms with Crippen LogP contribution in [0.4, 0.5) is 0 Å². The molecule has 0 rings (SSSR count). The summed E-state index contributed by atoms with van der Waals surface area (Å²) in [7, 11) is 0. The quantitative estimate of drug-likeness (QED) is 0.459. The molecule has 2 nitrogen and oxygen atoms in total. The number of carbonyl (C=O) groups is 1. The van der Waals surface area contributed by atoms with Gasteiger partial charge in [0.2, 0.25) is 0 Å². The van der Waals surface area contributed by atoms with E-state index in [9.17, 15) is 9.90 Å². The molecule has 84 valence electrons. The van der Waals surface area contributed by atoms with Crippen LogP contribution in [0.25, 0.3) is 0 Å². The fraction of sp³-hybridized carbons (Fsp3) is 0.917. The van der Waals surface area contributed by atoms with E-state index in [0.717, 1.165) is 38.4 Å². The van der Waals surface area contributed by atoms with E-state index in [2.05, 4.69) is 0 Å². The Kier molecular flexibility index (Phi) is 7.77. The molecule has 0 spiro atoms. The Labute approximate surface area is 87.7 Å². The van der Waals surface area contributed by atoms with Crippen molar-refractivity contribution >= 4 is 6.29 Å². The summed E-state index contributed by atoms with van der Waals surface area (Å²) in [6, 6.07) is 0. The molecule has 0 aromatic rings. The first-order valence-corrected chi connectivity index (χ1v) is 5.78. The molecule has 1 atom stereocenters. The average molecular weight is 200 g/mol. The van der Waals surface area contributed by atoms with E-state index in [1.807, 2.05) is 13.8 Å². The molecule has 0 saturated carbocycles. The summed E-state index contributed by atoms with van der Waals surface area (Å²) in [5, 5.41) is 9.72. The number of hydrogen-bond acceptors (Lipinski definition) is 2. The van der Waals surface area contributed by atoms with Crippen LogP contribution in [0.3, 0.4) is 0 Å². The lowest BCUT2D eigenvalue weighted by molar-refractivity contribution is -0.107. The van der Waals surface area contributed by atoms with Crippen molar-refractivity contribution in [2.24, 2.45) is 0 Å². The van der Waals surface area contributed by atoms with Crippen LogP contribution in [0.15, 0.2) is 0 Å². The van der Waals surface area contributed by atoms with Crippen LogP contribution in [0.1, 0.15) is 65.2 Å². The minimum absolute atomic E-state index is 0.469. The second-order valence-electron chi connectivity index (χ2n) is 4.32. The highest BCUT2D eigenvalue weighted by molar-refractivity contribution is 5.48. The molecule has 0 saturated heterocycles. The van der Waals surface area contributed by atoms with Gasteiger partial charge in [0.1, 0.15) is 6.29 Å². The minimum Gasteiger partial charge on any atom is -0.390 e. The average Bonchev–Trinajstić information content (AvgIpc) is 2.16. The maximum atomic E-state index is 10.0. The number of unbranched alkanes of at least 4 members (excludes halogenated alkanes) is 5. The molecule has 0 aromatic carbocycles. The lowest BCUT2D eigenvalue weighted by Crippen LogP contribution is -2.22. The van der Waals surface area contributed by atoms with E-state index < -0.39 is 5.60 Å². The van der Waals surface area contributed by atoms with E-state index >= 15 is 0 Å². The summed E-state index contributed by atoms with van der Waals surface area (Å²) in [5.41, 5.74) is -0.469. The summed E-state index contributed by atoms with van der Waals surface area (Å²) in [6.45, 7) is 3.92. The molecule has 2 heteroatoms. The van der Waals surface area contributed by atoms with E-state index in [0.29, 0.717) is 6.42 Å². The summed E-state index contributed by atoms with van der Waals surface area (Å²) >= 11 is 0. The fourth-order valence-electron chi connectivity index (χ4n) is 1.44. The lowest BCUT2D eigenvalue weighted by Gasteiger charge is -2.20. The van der Waals surface area contributed by atoms with Crippen LogP contribution in [-0.4, -0.2) is 17.0 Å². The van der Waals surface area contributed by atoms with E-state index in [1.165, 1.54) is 12.8 Å². The fourth-order valence-corrected chi connectivity index (χ4v) is 1.44. The van der Waals surface area contributed by atoms with Crippen LogP contribution in [0.2, 0.25) is 0 Å². The van der Waals surface area contributed by atoms with Crippen molar-refractivity contribution < 1.29 is 9.90 Å². The molecule has 14 heavy (non-hydrogen) atoms. The Morgan fingerprint density at radius 1 is 1.14 bits per heavy atom. The highest BCUT2D eigenvalue weighted by Crippen LogP contribution is 2.18. The zero-order valence-corrected chi connectivity index (χ0v) is 9.59. The molecule has 1 N–H and O–H groups in total. The smallest absolute Gasteiger partial charge is 0.119 e. The van der Waals surface area contributed by atoms with Gasteiger partial charge >= 0.3 is 0 Å². The van der Waals surface area contributed by atoms with Gasteiger partial charge in [-0.3, -0.25) is 0 Å². The van der Waals surface area contributed by atoms with Crippen LogP contribution >= 0.6 is 0 Å². The van der Waals surface area contributed by atoms with Gasteiger partial charge in [0.15, 0.2) is 0 Å². The van der Waals surface area contributed by atoms with Crippen molar-refractivity contribution in [2.75, 3.05) is 0 Å². The van der Waals surface area contributed by atoms with Gasteiger partial charge in [-0.2, -0.15) is 0 Å². The summed E-state index contributed by atoms with van der Waals surface area (Å²) in [4.78, 5) is 10.0. The molecule has 0 aliphatic carbocycles. The van der Waals surface area contributed by atoms with Crippen molar-refractivity contribution in [3.8, 4) is 0 Å². The molecule has 1 unspecified atom stereocenters. The van der Waals surface area contributed by atoms with Crippen molar-refractivity contribution in [3.63, 3.8) is 0 Å². The van der Waals surface area contributed by atoms with E-state index in [1.54, 1.807) is 0 Å². The van der Waals surface area contributed by atoms with Gasteiger partial charge in [0.25, 0.3) is 0 Å². The molecular weight excluding hydrogens is 176 g/mol. The van der Waals surface area contributed by atoms with Crippen LogP contribution in [0.5, 0.6) is 0 Å². The van der Waals surface area contributed by atoms with Crippen molar-refractivity contribution in [1.29, 1.82) is 0 Å². The molecular formula is C12H24O2. The van der Waals surface area contributed by atoms with Gasteiger partial charge in [-0.1, -0.05) is 32.6 Å². The SMILES string of the molecule is CCC(C)(O)CCCCCCCC=O. The number of carbonyl (C=O) groups excluding carboxylic acids is 1. The number of hydrogen-bond donors (Lipinski definition) is 1. The van der Waals surface area contributed by atoms with Gasteiger partial charge in [-0.05, 0) is 26.2 Å². The number of rotatable bonds is 9. The van der Waals surface area contributed by atoms with E-state index in [4.69, 9.17) is 0 Å². The molecule has 0 fully saturated rings. The predicted octanol–water partition coefficient (Wildman–Crippen LogP) is 3.08. The number of aldehydes is 1. The van der Waals surface area contributed by atoms with Crippen LogP contribution < -0.4 is 0 Å². The monoisotopic (exact) mass is 200 g/mol. The van der Waals surface area contributed by atoms with Crippen LogP contribution in [-0.2, 0) is 4.79 Å². The number of aliphatic hydroxyl groups is 1. The van der Waals surface area contributed by atoms with Gasteiger partial charge in [-0.25, -0.2) is 0 Å². The van der Waals surface area contributed by atoms with Crippen molar-refractivity contribution in [3.05, 3.63) is 0 Å². The van der Waals surface area contributed by atoms with Crippen molar-refractivity contribution in [1.82, 2.24) is 0 Å². The van der Waals surface area contributed by atoms with Gasteiger partial charge in [0.05, 0.1) is 5.60 Å². The largest absolute Gasteiger partial charge is 0.390 e. The van der Waals surface area contributed by atoms with Gasteiger partial charge in [-0.15, -0.1) is 0 Å². The third-order valence-corrected chi connectivity index (χ3v) is 2.80.